The van der Waals surface area contributed by atoms with Crippen molar-refractivity contribution in [2.45, 2.75) is 38.3 Å². The highest BCUT2D eigenvalue weighted by Gasteiger charge is 2.33. The van der Waals surface area contributed by atoms with Crippen LogP contribution in [0.5, 0.6) is 5.75 Å². The molecule has 3 aromatic rings. The van der Waals surface area contributed by atoms with Gasteiger partial charge in [-0.1, -0.05) is 42.0 Å². The number of likely N-dealkylation sites (N-methyl/N-ethyl adjacent to an activating group) is 1. The topological polar surface area (TPSA) is 96.0 Å². The number of hydrogen-bond acceptors (Lipinski definition) is 5. The second-order valence-corrected chi connectivity index (χ2v) is 10.6. The van der Waals surface area contributed by atoms with Crippen LogP contribution in [0.2, 0.25) is 0 Å². The highest BCUT2D eigenvalue weighted by molar-refractivity contribution is 7.92. The van der Waals surface area contributed by atoms with Gasteiger partial charge in [0.25, 0.3) is 10.0 Å². The van der Waals surface area contributed by atoms with Gasteiger partial charge in [0.05, 0.1) is 17.7 Å². The van der Waals surface area contributed by atoms with Crippen LogP contribution in [0.1, 0.15) is 25.0 Å². The quantitative estimate of drug-likeness (QED) is 0.397. The number of aryl methyl sites for hydroxylation is 1. The summed E-state index contributed by atoms with van der Waals surface area (Å²) in [7, 11) is -2.80. The van der Waals surface area contributed by atoms with Crippen LogP contribution >= 0.6 is 0 Å². The third-order valence-electron chi connectivity index (χ3n) is 6.03. The summed E-state index contributed by atoms with van der Waals surface area (Å²) in [5.41, 5.74) is 1.64. The van der Waals surface area contributed by atoms with Crippen LogP contribution < -0.4 is 14.4 Å². The molecule has 0 saturated carbocycles. The zero-order valence-corrected chi connectivity index (χ0v) is 22.7. The van der Waals surface area contributed by atoms with Gasteiger partial charge < -0.3 is 15.0 Å². The normalized spacial score (nSPS) is 11.9. The molecule has 0 bridgehead atoms. The average Bonchev–Trinajstić information content (AvgIpc) is 2.91. The summed E-state index contributed by atoms with van der Waals surface area (Å²) in [6, 6.07) is 17.4. The summed E-state index contributed by atoms with van der Waals surface area (Å²) >= 11 is 0. The Bertz CT molecular complexity index is 1360. The molecule has 0 aliphatic rings. The van der Waals surface area contributed by atoms with Gasteiger partial charge in [-0.15, -0.1) is 0 Å². The predicted molar refractivity (Wildman–Crippen MR) is 144 cm³/mol. The van der Waals surface area contributed by atoms with Gasteiger partial charge in [0.15, 0.2) is 0 Å². The third-order valence-corrected chi connectivity index (χ3v) is 7.80. The van der Waals surface area contributed by atoms with Crippen molar-refractivity contribution in [2.75, 3.05) is 24.5 Å². The van der Waals surface area contributed by atoms with E-state index < -0.39 is 40.2 Å². The summed E-state index contributed by atoms with van der Waals surface area (Å²) in [6.07, 6.45) is 0. The lowest BCUT2D eigenvalue weighted by molar-refractivity contribution is -0.139. The molecule has 10 heteroatoms. The number of amides is 2. The van der Waals surface area contributed by atoms with Crippen molar-refractivity contribution in [2.24, 2.45) is 0 Å². The number of nitrogens with one attached hydrogen (secondary N) is 1. The molecule has 0 aromatic heterocycles. The van der Waals surface area contributed by atoms with Gasteiger partial charge in [0.2, 0.25) is 11.8 Å². The van der Waals surface area contributed by atoms with Crippen molar-refractivity contribution in [1.29, 1.82) is 0 Å². The largest absolute Gasteiger partial charge is 0.495 e. The van der Waals surface area contributed by atoms with Crippen LogP contribution in [0.4, 0.5) is 10.1 Å². The molecule has 38 heavy (non-hydrogen) atoms. The Kier molecular flexibility index (Phi) is 9.46. The number of rotatable bonds is 11. The fourth-order valence-corrected chi connectivity index (χ4v) is 5.30. The van der Waals surface area contributed by atoms with Crippen LogP contribution in [-0.2, 0) is 26.2 Å². The van der Waals surface area contributed by atoms with Gasteiger partial charge in [-0.2, -0.15) is 0 Å². The number of sulfonamides is 1. The maximum atomic E-state index is 13.9. The molecule has 0 saturated heterocycles. The summed E-state index contributed by atoms with van der Waals surface area (Å²) in [5.74, 6) is -1.18. The maximum absolute atomic E-state index is 13.9. The Morgan fingerprint density at radius 2 is 1.63 bits per heavy atom. The molecule has 1 N–H and O–H groups in total. The minimum absolute atomic E-state index is 0.00339. The Hall–Kier alpha value is -3.92. The van der Waals surface area contributed by atoms with Gasteiger partial charge in [-0.25, -0.2) is 12.8 Å². The van der Waals surface area contributed by atoms with E-state index in [-0.39, 0.29) is 22.9 Å². The number of benzene rings is 3. The number of halogens is 1. The van der Waals surface area contributed by atoms with E-state index in [9.17, 15) is 22.4 Å². The lowest BCUT2D eigenvalue weighted by Crippen LogP contribution is -2.51. The summed E-state index contributed by atoms with van der Waals surface area (Å²) < 4.78 is 47.6. The molecule has 0 aliphatic carbocycles. The van der Waals surface area contributed by atoms with E-state index in [2.05, 4.69) is 5.32 Å². The summed E-state index contributed by atoms with van der Waals surface area (Å²) in [6.45, 7) is 4.90. The molecule has 3 rings (SSSR count). The number of carbonyl (C=O) groups excluding carboxylic acids is 2. The molecule has 3 aromatic carbocycles. The number of carbonyl (C=O) groups is 2. The van der Waals surface area contributed by atoms with Gasteiger partial charge in [-0.3, -0.25) is 13.9 Å². The molecule has 2 amide bonds. The Labute approximate surface area is 223 Å². The standard InChI is InChI=1S/C28H32FN3O5S/c1-5-30-28(34)21(3)31(18-22-12-14-23(29)15-13-22)27(33)19-32(25-8-6-7-9-26(25)37-4)38(35,36)24-16-10-20(2)11-17-24/h6-17,21H,5,18-19H2,1-4H3,(H,30,34)/t21-/m0/s1. The maximum Gasteiger partial charge on any atom is 0.264 e. The van der Waals surface area contributed by atoms with E-state index in [1.807, 2.05) is 6.92 Å². The van der Waals surface area contributed by atoms with Crippen LogP contribution in [0.15, 0.2) is 77.7 Å². The second kappa shape index (κ2) is 12.6. The number of methoxy groups -OCH3 is 1. The van der Waals surface area contributed by atoms with Crippen LogP contribution in [0.3, 0.4) is 0 Å². The highest BCUT2D eigenvalue weighted by Crippen LogP contribution is 2.32. The Morgan fingerprint density at radius 3 is 2.24 bits per heavy atom. The van der Waals surface area contributed by atoms with E-state index in [1.54, 1.807) is 50.2 Å². The van der Waals surface area contributed by atoms with Crippen molar-refractivity contribution in [3.05, 3.63) is 89.7 Å². The average molecular weight is 542 g/mol. The molecule has 0 heterocycles. The van der Waals surface area contributed by atoms with Gasteiger partial charge in [-0.05, 0) is 62.7 Å². The fraction of sp³-hybridized carbons (Fsp3) is 0.286. The van der Waals surface area contributed by atoms with E-state index in [0.29, 0.717) is 12.1 Å². The molecule has 0 fully saturated rings. The third kappa shape index (κ3) is 6.69. The number of nitrogens with zero attached hydrogens (tertiary/aromatic N) is 2. The van der Waals surface area contributed by atoms with Crippen molar-refractivity contribution in [3.63, 3.8) is 0 Å². The molecular weight excluding hydrogens is 509 g/mol. The molecule has 8 nitrogen and oxygen atoms in total. The van der Waals surface area contributed by atoms with Gasteiger partial charge in [0, 0.05) is 13.1 Å². The molecule has 1 atom stereocenters. The summed E-state index contributed by atoms with van der Waals surface area (Å²) in [4.78, 5) is 27.8. The van der Waals surface area contributed by atoms with E-state index >= 15 is 0 Å². The van der Waals surface area contributed by atoms with Crippen LogP contribution in [0, 0.1) is 12.7 Å². The first kappa shape index (κ1) is 28.6. The first-order valence-corrected chi connectivity index (χ1v) is 13.6. The van der Waals surface area contributed by atoms with E-state index in [0.717, 1.165) is 9.87 Å². The van der Waals surface area contributed by atoms with Crippen molar-refractivity contribution < 1.29 is 27.1 Å². The van der Waals surface area contributed by atoms with Crippen molar-refractivity contribution in [1.82, 2.24) is 10.2 Å². The molecular formula is C28H32FN3O5S. The molecule has 0 radical (unpaired) electrons. The monoisotopic (exact) mass is 541 g/mol. The number of para-hydroxylation sites is 2. The molecule has 202 valence electrons. The zero-order valence-electron chi connectivity index (χ0n) is 21.8. The van der Waals surface area contributed by atoms with E-state index in [1.165, 1.54) is 48.4 Å². The smallest absolute Gasteiger partial charge is 0.264 e. The number of ether oxygens (including phenoxy) is 1. The SMILES string of the molecule is CCNC(=O)[C@H](C)N(Cc1ccc(F)cc1)C(=O)CN(c1ccccc1OC)S(=O)(=O)c1ccc(C)cc1. The van der Waals surface area contributed by atoms with E-state index in [4.69, 9.17) is 4.74 Å². The number of hydrogen-bond donors (Lipinski definition) is 1. The molecule has 0 aliphatic heterocycles. The van der Waals surface area contributed by atoms with Gasteiger partial charge in [0.1, 0.15) is 24.2 Å². The molecule has 0 unspecified atom stereocenters. The second-order valence-electron chi connectivity index (χ2n) is 8.72. The predicted octanol–water partition coefficient (Wildman–Crippen LogP) is 3.89. The fourth-order valence-electron chi connectivity index (χ4n) is 3.88. The van der Waals surface area contributed by atoms with Gasteiger partial charge >= 0.3 is 0 Å². The number of anilines is 1. The lowest BCUT2D eigenvalue weighted by atomic mass is 10.1. The van der Waals surface area contributed by atoms with Crippen molar-refractivity contribution in [3.8, 4) is 5.75 Å². The first-order valence-electron chi connectivity index (χ1n) is 12.1. The van der Waals surface area contributed by atoms with Crippen LogP contribution in [0.25, 0.3) is 0 Å². The highest BCUT2D eigenvalue weighted by atomic mass is 32.2. The molecule has 0 spiro atoms. The minimum Gasteiger partial charge on any atom is -0.495 e. The summed E-state index contributed by atoms with van der Waals surface area (Å²) in [5, 5.41) is 2.70. The Morgan fingerprint density at radius 1 is 1.00 bits per heavy atom. The first-order chi connectivity index (χ1) is 18.1. The Balaban J connectivity index is 2.06. The zero-order chi connectivity index (χ0) is 27.9. The van der Waals surface area contributed by atoms with Crippen LogP contribution in [-0.4, -0.2) is 51.4 Å². The lowest BCUT2D eigenvalue weighted by Gasteiger charge is -2.32. The van der Waals surface area contributed by atoms with Crippen molar-refractivity contribution >= 4 is 27.5 Å². The minimum atomic E-state index is -4.21.